The highest BCUT2D eigenvalue weighted by Gasteiger charge is 2.05. The molecule has 0 saturated carbocycles. The SMILES string of the molecule is O=C(CSc1ccc(F)cc1)NCCCCCC(=O)Nc1cccc(-c2ccccc2)c1. The number of carbonyl (C=O) groups excluding carboxylic acids is 2. The molecule has 0 radical (unpaired) electrons. The third-order valence-electron chi connectivity index (χ3n) is 4.84. The van der Waals surface area contributed by atoms with E-state index in [2.05, 4.69) is 10.6 Å². The van der Waals surface area contributed by atoms with Crippen LogP contribution in [0.25, 0.3) is 11.1 Å². The van der Waals surface area contributed by atoms with E-state index in [0.717, 1.165) is 41.0 Å². The van der Waals surface area contributed by atoms with Gasteiger partial charge in [0.1, 0.15) is 5.82 Å². The monoisotopic (exact) mass is 450 g/mol. The average molecular weight is 451 g/mol. The summed E-state index contributed by atoms with van der Waals surface area (Å²) in [7, 11) is 0. The second-order valence-electron chi connectivity index (χ2n) is 7.40. The van der Waals surface area contributed by atoms with Gasteiger partial charge < -0.3 is 10.6 Å². The van der Waals surface area contributed by atoms with Gasteiger partial charge in [0.15, 0.2) is 0 Å². The van der Waals surface area contributed by atoms with Crippen LogP contribution >= 0.6 is 11.8 Å². The van der Waals surface area contributed by atoms with Crippen molar-refractivity contribution < 1.29 is 14.0 Å². The largest absolute Gasteiger partial charge is 0.355 e. The van der Waals surface area contributed by atoms with Crippen LogP contribution in [0.1, 0.15) is 25.7 Å². The zero-order valence-corrected chi connectivity index (χ0v) is 18.7. The maximum absolute atomic E-state index is 12.9. The molecule has 0 spiro atoms. The minimum atomic E-state index is -0.284. The molecule has 0 unspecified atom stereocenters. The van der Waals surface area contributed by atoms with Gasteiger partial charge in [0.25, 0.3) is 0 Å². The molecule has 0 atom stereocenters. The van der Waals surface area contributed by atoms with Crippen molar-refractivity contribution in [1.29, 1.82) is 0 Å². The summed E-state index contributed by atoms with van der Waals surface area (Å²) in [6.07, 6.45) is 2.90. The molecule has 0 saturated heterocycles. The van der Waals surface area contributed by atoms with Crippen molar-refractivity contribution in [3.05, 3.63) is 84.7 Å². The Morgan fingerprint density at radius 1 is 0.781 bits per heavy atom. The van der Waals surface area contributed by atoms with Crippen LogP contribution in [0.15, 0.2) is 83.8 Å². The predicted octanol–water partition coefficient (Wildman–Crippen LogP) is 5.90. The summed E-state index contributed by atoms with van der Waals surface area (Å²) in [5.41, 5.74) is 2.97. The molecule has 4 nitrogen and oxygen atoms in total. The van der Waals surface area contributed by atoms with E-state index < -0.39 is 0 Å². The zero-order valence-electron chi connectivity index (χ0n) is 17.9. The Hall–Kier alpha value is -3.12. The van der Waals surface area contributed by atoms with Crippen molar-refractivity contribution in [3.8, 4) is 11.1 Å². The third kappa shape index (κ3) is 8.19. The van der Waals surface area contributed by atoms with E-state index in [1.165, 1.54) is 23.9 Å². The number of anilines is 1. The maximum atomic E-state index is 12.9. The van der Waals surface area contributed by atoms with Gasteiger partial charge in [-0.2, -0.15) is 0 Å². The Morgan fingerprint density at radius 3 is 2.31 bits per heavy atom. The molecular weight excluding hydrogens is 423 g/mol. The van der Waals surface area contributed by atoms with Crippen molar-refractivity contribution in [2.75, 3.05) is 17.6 Å². The first-order valence-electron chi connectivity index (χ1n) is 10.7. The van der Waals surface area contributed by atoms with E-state index in [1.54, 1.807) is 12.1 Å². The average Bonchev–Trinajstić information content (AvgIpc) is 2.81. The molecule has 0 aliphatic rings. The van der Waals surface area contributed by atoms with E-state index in [-0.39, 0.29) is 17.6 Å². The molecule has 2 amide bonds. The standard InChI is InChI=1S/C26H27FN2O2S/c27-22-13-15-24(16-14-22)32-19-26(31)28-17-6-2-5-12-25(30)29-23-11-7-10-21(18-23)20-8-3-1-4-9-20/h1,3-4,7-11,13-16,18H,2,5-6,12,17,19H2,(H,28,31)(H,29,30). The number of hydrogen-bond acceptors (Lipinski definition) is 3. The molecule has 166 valence electrons. The molecule has 6 heteroatoms. The summed E-state index contributed by atoms with van der Waals surface area (Å²) in [6.45, 7) is 0.587. The predicted molar refractivity (Wildman–Crippen MR) is 129 cm³/mol. The number of benzene rings is 3. The van der Waals surface area contributed by atoms with Gasteiger partial charge in [0, 0.05) is 23.5 Å². The Labute approximate surface area is 192 Å². The Kier molecular flexibility index (Phi) is 9.32. The van der Waals surface area contributed by atoms with Crippen molar-refractivity contribution in [2.45, 2.75) is 30.6 Å². The lowest BCUT2D eigenvalue weighted by molar-refractivity contribution is -0.118. The fraction of sp³-hybridized carbons (Fsp3) is 0.231. The maximum Gasteiger partial charge on any atom is 0.230 e. The number of unbranched alkanes of at least 4 members (excludes halogenated alkanes) is 2. The Morgan fingerprint density at radius 2 is 1.53 bits per heavy atom. The molecule has 0 aliphatic carbocycles. The molecule has 0 fully saturated rings. The quantitative estimate of drug-likeness (QED) is 0.282. The van der Waals surface area contributed by atoms with Gasteiger partial charge >= 0.3 is 0 Å². The second kappa shape index (κ2) is 12.7. The number of hydrogen-bond donors (Lipinski definition) is 2. The smallest absolute Gasteiger partial charge is 0.230 e. The molecule has 32 heavy (non-hydrogen) atoms. The van der Waals surface area contributed by atoms with Gasteiger partial charge in [-0.25, -0.2) is 4.39 Å². The van der Waals surface area contributed by atoms with E-state index in [1.807, 2.05) is 54.6 Å². The van der Waals surface area contributed by atoms with Gasteiger partial charge in [-0.05, 0) is 60.4 Å². The van der Waals surface area contributed by atoms with Crippen LogP contribution in [0, 0.1) is 5.82 Å². The second-order valence-corrected chi connectivity index (χ2v) is 8.45. The summed E-state index contributed by atoms with van der Waals surface area (Å²) in [5, 5.41) is 5.84. The van der Waals surface area contributed by atoms with Gasteiger partial charge in [-0.3, -0.25) is 9.59 Å². The molecule has 0 bridgehead atoms. The Bertz CT molecular complexity index is 1010. The summed E-state index contributed by atoms with van der Waals surface area (Å²) < 4.78 is 12.9. The molecule has 0 aliphatic heterocycles. The summed E-state index contributed by atoms with van der Waals surface area (Å²) in [4.78, 5) is 25.0. The number of halogens is 1. The van der Waals surface area contributed by atoms with Crippen LogP contribution in [0.4, 0.5) is 10.1 Å². The first kappa shape index (κ1) is 23.5. The zero-order chi connectivity index (χ0) is 22.6. The number of nitrogens with one attached hydrogen (secondary N) is 2. The lowest BCUT2D eigenvalue weighted by atomic mass is 10.1. The molecule has 0 heterocycles. The highest BCUT2D eigenvalue weighted by molar-refractivity contribution is 8.00. The number of amides is 2. The van der Waals surface area contributed by atoms with Crippen molar-refractivity contribution in [2.24, 2.45) is 0 Å². The van der Waals surface area contributed by atoms with Crippen LogP contribution in [0.2, 0.25) is 0 Å². The fourth-order valence-electron chi connectivity index (χ4n) is 3.18. The van der Waals surface area contributed by atoms with Crippen LogP contribution in [0.5, 0.6) is 0 Å². The van der Waals surface area contributed by atoms with Crippen molar-refractivity contribution in [3.63, 3.8) is 0 Å². The summed E-state index contributed by atoms with van der Waals surface area (Å²) in [6, 6.07) is 24.0. The van der Waals surface area contributed by atoms with Gasteiger partial charge in [0.05, 0.1) is 5.75 Å². The lowest BCUT2D eigenvalue weighted by Crippen LogP contribution is -2.26. The topological polar surface area (TPSA) is 58.2 Å². The molecular formula is C26H27FN2O2S. The number of thioether (sulfide) groups is 1. The van der Waals surface area contributed by atoms with E-state index in [0.29, 0.717) is 18.7 Å². The normalized spacial score (nSPS) is 10.5. The summed E-state index contributed by atoms with van der Waals surface area (Å²) >= 11 is 1.38. The minimum absolute atomic E-state index is 0.00468. The van der Waals surface area contributed by atoms with Gasteiger partial charge in [-0.1, -0.05) is 48.9 Å². The number of carbonyl (C=O) groups is 2. The Balaban J connectivity index is 1.28. The molecule has 0 aromatic heterocycles. The molecule has 3 aromatic carbocycles. The fourth-order valence-corrected chi connectivity index (χ4v) is 3.90. The van der Waals surface area contributed by atoms with Gasteiger partial charge in [-0.15, -0.1) is 11.8 Å². The van der Waals surface area contributed by atoms with Crippen molar-refractivity contribution in [1.82, 2.24) is 5.32 Å². The highest BCUT2D eigenvalue weighted by atomic mass is 32.2. The highest BCUT2D eigenvalue weighted by Crippen LogP contribution is 2.22. The first-order valence-corrected chi connectivity index (χ1v) is 11.7. The van der Waals surface area contributed by atoms with Gasteiger partial charge in [0.2, 0.25) is 11.8 Å². The minimum Gasteiger partial charge on any atom is -0.355 e. The lowest BCUT2D eigenvalue weighted by Gasteiger charge is -2.08. The van der Waals surface area contributed by atoms with Crippen molar-refractivity contribution >= 4 is 29.3 Å². The molecule has 3 rings (SSSR count). The number of rotatable bonds is 11. The van der Waals surface area contributed by atoms with Crippen LogP contribution in [-0.4, -0.2) is 24.1 Å². The van der Waals surface area contributed by atoms with E-state index in [9.17, 15) is 14.0 Å². The first-order chi connectivity index (χ1) is 15.6. The van der Waals surface area contributed by atoms with E-state index >= 15 is 0 Å². The van der Waals surface area contributed by atoms with E-state index in [4.69, 9.17) is 0 Å². The third-order valence-corrected chi connectivity index (χ3v) is 5.85. The van der Waals surface area contributed by atoms with Crippen LogP contribution in [0.3, 0.4) is 0 Å². The molecule has 3 aromatic rings. The summed E-state index contributed by atoms with van der Waals surface area (Å²) in [5.74, 6) is -0.0331. The van der Waals surface area contributed by atoms with Crippen LogP contribution in [-0.2, 0) is 9.59 Å². The van der Waals surface area contributed by atoms with Crippen LogP contribution < -0.4 is 10.6 Å². The molecule has 2 N–H and O–H groups in total.